The smallest absolute Gasteiger partial charge is 0.217 e. The number of Topliss-reactive ketones (excluding diaryl/α,β-unsaturated/α-hetero) is 1. The van der Waals surface area contributed by atoms with E-state index in [1.165, 1.54) is 6.92 Å². The molecule has 0 spiro atoms. The number of benzene rings is 1. The molecule has 0 aromatic heterocycles. The van der Waals surface area contributed by atoms with Gasteiger partial charge in [0.1, 0.15) is 0 Å². The van der Waals surface area contributed by atoms with Crippen LogP contribution in [-0.4, -0.2) is 42.3 Å². The minimum absolute atomic E-state index is 0.00388. The maximum absolute atomic E-state index is 12.1. The van der Waals surface area contributed by atoms with E-state index >= 15 is 0 Å². The van der Waals surface area contributed by atoms with Crippen LogP contribution < -0.4 is 5.32 Å². The lowest BCUT2D eigenvalue weighted by Crippen LogP contribution is -2.36. The highest BCUT2D eigenvalue weighted by atomic mass is 127. The first-order valence-corrected chi connectivity index (χ1v) is 7.40. The summed E-state index contributed by atoms with van der Waals surface area (Å²) in [6, 6.07) is 7.80. The number of hydrogen-bond donors (Lipinski definition) is 1. The van der Waals surface area contributed by atoms with Gasteiger partial charge in [0, 0.05) is 35.2 Å². The molecule has 1 N–H and O–H groups in total. The van der Waals surface area contributed by atoms with Crippen LogP contribution in [0.3, 0.4) is 0 Å². The molecule has 1 fully saturated rings. The maximum atomic E-state index is 12.1. The molecule has 0 saturated carbocycles. The SMILES string of the molecule is CC(=O)NC1CCN(CC(=O)c2ccc(I)cc2)C1. The molecule has 0 radical (unpaired) electrons. The van der Waals surface area contributed by atoms with Gasteiger partial charge < -0.3 is 5.32 Å². The number of hydrogen-bond acceptors (Lipinski definition) is 3. The largest absolute Gasteiger partial charge is 0.352 e. The zero-order valence-corrected chi connectivity index (χ0v) is 13.0. The molecule has 5 heteroatoms. The number of nitrogens with zero attached hydrogens (tertiary/aromatic N) is 1. The maximum Gasteiger partial charge on any atom is 0.217 e. The van der Waals surface area contributed by atoms with E-state index in [0.29, 0.717) is 6.54 Å². The predicted octanol–water partition coefficient (Wildman–Crippen LogP) is 1.68. The molecule has 1 aromatic rings. The van der Waals surface area contributed by atoms with E-state index in [1.807, 2.05) is 24.3 Å². The number of nitrogens with one attached hydrogen (secondary N) is 1. The van der Waals surface area contributed by atoms with E-state index in [0.717, 1.165) is 28.6 Å². The summed E-state index contributed by atoms with van der Waals surface area (Å²) in [5.41, 5.74) is 0.753. The molecule has 102 valence electrons. The summed E-state index contributed by atoms with van der Waals surface area (Å²) in [5, 5.41) is 2.90. The zero-order chi connectivity index (χ0) is 13.8. The van der Waals surface area contributed by atoms with E-state index in [4.69, 9.17) is 0 Å². The second kappa shape index (κ2) is 6.47. The summed E-state index contributed by atoms with van der Waals surface area (Å²) in [4.78, 5) is 25.2. The van der Waals surface area contributed by atoms with Crippen LogP contribution in [0.2, 0.25) is 0 Å². The Labute approximate surface area is 126 Å². The van der Waals surface area contributed by atoms with Gasteiger partial charge in [-0.25, -0.2) is 0 Å². The Morgan fingerprint density at radius 3 is 2.68 bits per heavy atom. The van der Waals surface area contributed by atoms with E-state index in [9.17, 15) is 9.59 Å². The fourth-order valence-corrected chi connectivity index (χ4v) is 2.67. The summed E-state index contributed by atoms with van der Waals surface area (Å²) >= 11 is 2.22. The summed E-state index contributed by atoms with van der Waals surface area (Å²) in [6.45, 7) is 3.58. The Kier molecular flexibility index (Phi) is 4.93. The fraction of sp³-hybridized carbons (Fsp3) is 0.429. The number of carbonyl (C=O) groups is 2. The molecule has 1 atom stereocenters. The molecule has 1 unspecified atom stereocenters. The number of carbonyl (C=O) groups excluding carboxylic acids is 2. The highest BCUT2D eigenvalue weighted by molar-refractivity contribution is 14.1. The minimum Gasteiger partial charge on any atom is -0.352 e. The average molecular weight is 372 g/mol. The molecule has 1 aromatic carbocycles. The molecular weight excluding hydrogens is 355 g/mol. The van der Waals surface area contributed by atoms with E-state index < -0.39 is 0 Å². The zero-order valence-electron chi connectivity index (χ0n) is 10.9. The Morgan fingerprint density at radius 1 is 1.37 bits per heavy atom. The Balaban J connectivity index is 1.87. The van der Waals surface area contributed by atoms with Crippen molar-refractivity contribution >= 4 is 34.3 Å². The van der Waals surface area contributed by atoms with E-state index in [-0.39, 0.29) is 17.7 Å². The van der Waals surface area contributed by atoms with Crippen molar-refractivity contribution in [1.82, 2.24) is 10.2 Å². The lowest BCUT2D eigenvalue weighted by molar-refractivity contribution is -0.119. The van der Waals surface area contributed by atoms with E-state index in [2.05, 4.69) is 32.8 Å². The third-order valence-electron chi connectivity index (χ3n) is 3.21. The van der Waals surface area contributed by atoms with Crippen molar-refractivity contribution in [2.75, 3.05) is 19.6 Å². The van der Waals surface area contributed by atoms with Crippen LogP contribution in [0.25, 0.3) is 0 Å². The first-order valence-electron chi connectivity index (χ1n) is 6.33. The van der Waals surface area contributed by atoms with Gasteiger partial charge in [-0.15, -0.1) is 0 Å². The Bertz CT molecular complexity index is 473. The molecule has 1 heterocycles. The number of ketones is 1. The number of amides is 1. The summed E-state index contributed by atoms with van der Waals surface area (Å²) in [5.74, 6) is 0.135. The van der Waals surface area contributed by atoms with Gasteiger partial charge in [-0.2, -0.15) is 0 Å². The van der Waals surface area contributed by atoms with Gasteiger partial charge in [0.2, 0.25) is 5.91 Å². The highest BCUT2D eigenvalue weighted by Gasteiger charge is 2.24. The highest BCUT2D eigenvalue weighted by Crippen LogP contribution is 2.12. The quantitative estimate of drug-likeness (QED) is 0.647. The standard InChI is InChI=1S/C14H17IN2O2/c1-10(18)16-13-6-7-17(8-13)9-14(19)11-2-4-12(15)5-3-11/h2-5,13H,6-9H2,1H3,(H,16,18). The van der Waals surface area contributed by atoms with Crippen molar-refractivity contribution in [3.63, 3.8) is 0 Å². The van der Waals surface area contributed by atoms with Gasteiger partial charge in [-0.1, -0.05) is 12.1 Å². The third kappa shape index (κ3) is 4.28. The van der Waals surface area contributed by atoms with Crippen molar-refractivity contribution in [2.24, 2.45) is 0 Å². The molecule has 0 aliphatic carbocycles. The molecule has 0 bridgehead atoms. The van der Waals surface area contributed by atoms with Crippen LogP contribution >= 0.6 is 22.6 Å². The second-order valence-corrected chi connectivity index (χ2v) is 6.10. The van der Waals surface area contributed by atoms with Gasteiger partial charge in [0.05, 0.1) is 6.54 Å². The molecule has 1 amide bonds. The number of rotatable bonds is 4. The van der Waals surface area contributed by atoms with Crippen LogP contribution in [0.1, 0.15) is 23.7 Å². The molecule has 4 nitrogen and oxygen atoms in total. The van der Waals surface area contributed by atoms with Crippen LogP contribution in [0.5, 0.6) is 0 Å². The van der Waals surface area contributed by atoms with Crippen molar-refractivity contribution in [2.45, 2.75) is 19.4 Å². The van der Waals surface area contributed by atoms with Crippen LogP contribution in [0.4, 0.5) is 0 Å². The van der Waals surface area contributed by atoms with Crippen molar-refractivity contribution in [1.29, 1.82) is 0 Å². The van der Waals surface area contributed by atoms with Crippen molar-refractivity contribution < 1.29 is 9.59 Å². The van der Waals surface area contributed by atoms with Crippen LogP contribution in [0, 0.1) is 3.57 Å². The van der Waals surface area contributed by atoms with Gasteiger partial charge in [0.15, 0.2) is 5.78 Å². The fourth-order valence-electron chi connectivity index (χ4n) is 2.31. The number of halogens is 1. The normalized spacial score (nSPS) is 19.4. The Hall–Kier alpha value is -0.950. The third-order valence-corrected chi connectivity index (χ3v) is 3.93. The molecule has 1 saturated heterocycles. The average Bonchev–Trinajstić information content (AvgIpc) is 2.76. The lowest BCUT2D eigenvalue weighted by Gasteiger charge is -2.15. The monoisotopic (exact) mass is 372 g/mol. The topological polar surface area (TPSA) is 49.4 Å². The van der Waals surface area contributed by atoms with Crippen LogP contribution in [-0.2, 0) is 4.79 Å². The van der Waals surface area contributed by atoms with Crippen LogP contribution in [0.15, 0.2) is 24.3 Å². The lowest BCUT2D eigenvalue weighted by atomic mass is 10.1. The summed E-state index contributed by atoms with van der Waals surface area (Å²) < 4.78 is 1.13. The summed E-state index contributed by atoms with van der Waals surface area (Å²) in [6.07, 6.45) is 0.916. The predicted molar refractivity (Wildman–Crippen MR) is 82.2 cm³/mol. The minimum atomic E-state index is -0.00388. The molecule has 1 aliphatic heterocycles. The Morgan fingerprint density at radius 2 is 2.05 bits per heavy atom. The van der Waals surface area contributed by atoms with E-state index in [1.54, 1.807) is 0 Å². The molecule has 2 rings (SSSR count). The number of likely N-dealkylation sites (tertiary alicyclic amines) is 1. The van der Waals surface area contributed by atoms with Gasteiger partial charge in [-0.3, -0.25) is 14.5 Å². The molecular formula is C14H17IN2O2. The molecule has 19 heavy (non-hydrogen) atoms. The van der Waals surface area contributed by atoms with Gasteiger partial charge in [0.25, 0.3) is 0 Å². The van der Waals surface area contributed by atoms with Gasteiger partial charge >= 0.3 is 0 Å². The molecule has 1 aliphatic rings. The van der Waals surface area contributed by atoms with Gasteiger partial charge in [-0.05, 0) is 41.1 Å². The van der Waals surface area contributed by atoms with Crippen molar-refractivity contribution in [3.8, 4) is 0 Å². The van der Waals surface area contributed by atoms with Crippen molar-refractivity contribution in [3.05, 3.63) is 33.4 Å². The first kappa shape index (κ1) is 14.5. The second-order valence-electron chi connectivity index (χ2n) is 4.85. The first-order chi connectivity index (χ1) is 9.04. The summed E-state index contributed by atoms with van der Waals surface area (Å²) in [7, 11) is 0.